The number of hydrogen-bond donors (Lipinski definition) is 1. The summed E-state index contributed by atoms with van der Waals surface area (Å²) in [6.45, 7) is 1.83. The SMILES string of the molecule is CN(C)S(=O)(=O)N(C)CCNCc1cc(Br)cs1. The van der Waals surface area contributed by atoms with Crippen LogP contribution in [0.1, 0.15) is 4.88 Å². The van der Waals surface area contributed by atoms with Crippen LogP contribution in [0, 0.1) is 0 Å². The van der Waals surface area contributed by atoms with Gasteiger partial charge in [-0.25, -0.2) is 0 Å². The number of likely N-dealkylation sites (N-methyl/N-ethyl adjacent to an activating group) is 1. The molecule has 1 N–H and O–H groups in total. The molecule has 1 heterocycles. The summed E-state index contributed by atoms with van der Waals surface area (Å²) in [6, 6.07) is 2.05. The van der Waals surface area contributed by atoms with Gasteiger partial charge in [0.05, 0.1) is 0 Å². The van der Waals surface area contributed by atoms with E-state index in [2.05, 4.69) is 27.3 Å². The lowest BCUT2D eigenvalue weighted by atomic mass is 10.4. The minimum atomic E-state index is -3.30. The molecule has 8 heteroatoms. The third-order valence-corrected chi connectivity index (χ3v) is 5.97. The quantitative estimate of drug-likeness (QED) is 0.751. The molecule has 0 amide bonds. The summed E-state index contributed by atoms with van der Waals surface area (Å²) < 4.78 is 27.1. The average molecular weight is 356 g/mol. The number of nitrogens with one attached hydrogen (secondary N) is 1. The molecule has 1 rings (SSSR count). The van der Waals surface area contributed by atoms with Crippen molar-refractivity contribution in [3.63, 3.8) is 0 Å². The second-order valence-electron chi connectivity index (χ2n) is 4.02. The molecule has 0 aliphatic heterocycles. The van der Waals surface area contributed by atoms with Crippen molar-refractivity contribution in [2.45, 2.75) is 6.54 Å². The zero-order valence-electron chi connectivity index (χ0n) is 10.7. The second kappa shape index (κ2) is 6.97. The standard InChI is InChI=1S/C10H18BrN3O2S2/c1-13(2)18(15,16)14(3)5-4-12-7-10-6-9(11)8-17-10/h6,8,12H,4-5,7H2,1-3H3. The zero-order chi connectivity index (χ0) is 13.8. The molecule has 0 spiro atoms. The van der Waals surface area contributed by atoms with E-state index >= 15 is 0 Å². The molecule has 0 bridgehead atoms. The maximum Gasteiger partial charge on any atom is 0.281 e. The summed E-state index contributed by atoms with van der Waals surface area (Å²) in [5, 5.41) is 5.25. The molecule has 0 aromatic carbocycles. The molecular weight excluding hydrogens is 338 g/mol. The Hall–Kier alpha value is 0.01000. The highest BCUT2D eigenvalue weighted by Crippen LogP contribution is 2.19. The molecule has 0 saturated heterocycles. The van der Waals surface area contributed by atoms with Crippen molar-refractivity contribution >= 4 is 37.5 Å². The van der Waals surface area contributed by atoms with Gasteiger partial charge in [0.1, 0.15) is 0 Å². The molecular formula is C10H18BrN3O2S2. The van der Waals surface area contributed by atoms with Crippen LogP contribution >= 0.6 is 27.3 Å². The first-order valence-corrected chi connectivity index (χ1v) is 8.48. The van der Waals surface area contributed by atoms with Crippen molar-refractivity contribution in [3.05, 3.63) is 20.8 Å². The topological polar surface area (TPSA) is 52.7 Å². The molecule has 1 aromatic heterocycles. The van der Waals surface area contributed by atoms with Crippen molar-refractivity contribution in [1.29, 1.82) is 0 Å². The molecule has 0 aliphatic carbocycles. The van der Waals surface area contributed by atoms with Crippen molar-refractivity contribution < 1.29 is 8.42 Å². The minimum absolute atomic E-state index is 0.451. The summed E-state index contributed by atoms with van der Waals surface area (Å²) in [5.74, 6) is 0. The molecule has 104 valence electrons. The van der Waals surface area contributed by atoms with E-state index < -0.39 is 10.2 Å². The van der Waals surface area contributed by atoms with Crippen LogP contribution in [-0.2, 0) is 16.8 Å². The van der Waals surface area contributed by atoms with Gasteiger partial charge in [0.2, 0.25) is 0 Å². The van der Waals surface area contributed by atoms with E-state index in [0.29, 0.717) is 13.1 Å². The van der Waals surface area contributed by atoms with Crippen LogP contribution in [0.5, 0.6) is 0 Å². The maximum absolute atomic E-state index is 11.7. The van der Waals surface area contributed by atoms with Crippen LogP contribution in [0.15, 0.2) is 15.9 Å². The van der Waals surface area contributed by atoms with E-state index in [1.54, 1.807) is 18.4 Å². The van der Waals surface area contributed by atoms with Crippen LogP contribution in [0.25, 0.3) is 0 Å². The lowest BCUT2D eigenvalue weighted by Crippen LogP contribution is -2.40. The normalized spacial score (nSPS) is 12.6. The van der Waals surface area contributed by atoms with E-state index in [1.165, 1.54) is 27.6 Å². The Morgan fingerprint density at radius 1 is 1.39 bits per heavy atom. The summed E-state index contributed by atoms with van der Waals surface area (Å²) in [6.07, 6.45) is 0. The fourth-order valence-corrected chi connectivity index (χ4v) is 3.59. The number of thiophene rings is 1. The summed E-state index contributed by atoms with van der Waals surface area (Å²) >= 11 is 5.07. The van der Waals surface area contributed by atoms with Gasteiger partial charge >= 0.3 is 0 Å². The highest BCUT2D eigenvalue weighted by molar-refractivity contribution is 9.10. The lowest BCUT2D eigenvalue weighted by Gasteiger charge is -2.21. The third-order valence-electron chi connectivity index (χ3n) is 2.38. The predicted molar refractivity (Wildman–Crippen MR) is 79.0 cm³/mol. The van der Waals surface area contributed by atoms with Crippen LogP contribution in [-0.4, -0.2) is 51.3 Å². The van der Waals surface area contributed by atoms with Crippen LogP contribution in [0.3, 0.4) is 0 Å². The van der Waals surface area contributed by atoms with Gasteiger partial charge in [-0.3, -0.25) is 0 Å². The maximum atomic E-state index is 11.7. The van der Waals surface area contributed by atoms with Gasteiger partial charge in [-0.15, -0.1) is 11.3 Å². The fraction of sp³-hybridized carbons (Fsp3) is 0.600. The molecule has 1 aromatic rings. The molecule has 0 fully saturated rings. The first-order chi connectivity index (χ1) is 8.34. The third kappa shape index (κ3) is 4.60. The Morgan fingerprint density at radius 2 is 2.06 bits per heavy atom. The Balaban J connectivity index is 2.30. The lowest BCUT2D eigenvalue weighted by molar-refractivity contribution is 0.412. The van der Waals surface area contributed by atoms with Gasteiger partial charge in [-0.1, -0.05) is 0 Å². The number of nitrogens with zero attached hydrogens (tertiary/aromatic N) is 2. The largest absolute Gasteiger partial charge is 0.311 e. The van der Waals surface area contributed by atoms with Gasteiger partial charge in [0.15, 0.2) is 0 Å². The van der Waals surface area contributed by atoms with Crippen LogP contribution in [0.2, 0.25) is 0 Å². The van der Waals surface area contributed by atoms with Crippen molar-refractivity contribution in [2.24, 2.45) is 0 Å². The number of rotatable bonds is 7. The van der Waals surface area contributed by atoms with Crippen LogP contribution in [0.4, 0.5) is 0 Å². The minimum Gasteiger partial charge on any atom is -0.311 e. The predicted octanol–water partition coefficient (Wildman–Crippen LogP) is 1.34. The smallest absolute Gasteiger partial charge is 0.281 e. The van der Waals surface area contributed by atoms with E-state index in [4.69, 9.17) is 0 Å². The Morgan fingerprint density at radius 3 is 2.56 bits per heavy atom. The molecule has 0 saturated carbocycles. The zero-order valence-corrected chi connectivity index (χ0v) is 13.9. The van der Waals surface area contributed by atoms with Gasteiger partial charge < -0.3 is 5.32 Å². The summed E-state index contributed by atoms with van der Waals surface area (Å²) in [7, 11) is 1.35. The number of halogens is 1. The van der Waals surface area contributed by atoms with Crippen molar-refractivity contribution in [3.8, 4) is 0 Å². The second-order valence-corrected chi connectivity index (χ2v) is 8.18. The Kier molecular flexibility index (Phi) is 6.22. The average Bonchev–Trinajstić information content (AvgIpc) is 2.69. The van der Waals surface area contributed by atoms with Gasteiger partial charge in [0.25, 0.3) is 10.2 Å². The van der Waals surface area contributed by atoms with E-state index in [1.807, 2.05) is 5.38 Å². The molecule has 18 heavy (non-hydrogen) atoms. The first kappa shape index (κ1) is 16.1. The molecule has 0 unspecified atom stereocenters. The van der Waals surface area contributed by atoms with Gasteiger partial charge in [-0.05, 0) is 22.0 Å². The molecule has 0 atom stereocenters. The summed E-state index contributed by atoms with van der Waals surface area (Å²) in [5.41, 5.74) is 0. The highest BCUT2D eigenvalue weighted by atomic mass is 79.9. The van der Waals surface area contributed by atoms with Gasteiger partial charge in [0, 0.05) is 55.5 Å². The molecule has 5 nitrogen and oxygen atoms in total. The van der Waals surface area contributed by atoms with E-state index in [-0.39, 0.29) is 0 Å². The van der Waals surface area contributed by atoms with E-state index in [9.17, 15) is 8.42 Å². The Labute approximate surface area is 121 Å². The Bertz CT molecular complexity index is 473. The monoisotopic (exact) mass is 355 g/mol. The molecule has 0 aliphatic rings. The van der Waals surface area contributed by atoms with Crippen LogP contribution < -0.4 is 5.32 Å². The van der Waals surface area contributed by atoms with Crippen molar-refractivity contribution in [2.75, 3.05) is 34.2 Å². The molecule has 0 radical (unpaired) electrons. The number of hydrogen-bond acceptors (Lipinski definition) is 4. The van der Waals surface area contributed by atoms with Crippen molar-refractivity contribution in [1.82, 2.24) is 13.9 Å². The summed E-state index contributed by atoms with van der Waals surface area (Å²) in [4.78, 5) is 1.22. The highest BCUT2D eigenvalue weighted by Gasteiger charge is 2.19. The van der Waals surface area contributed by atoms with E-state index in [0.717, 1.165) is 11.0 Å². The van der Waals surface area contributed by atoms with Gasteiger partial charge in [-0.2, -0.15) is 17.0 Å². The first-order valence-electron chi connectivity index (χ1n) is 5.41. The fourth-order valence-electron chi connectivity index (χ4n) is 1.29.